The molecule has 0 amide bonds. The van der Waals surface area contributed by atoms with Crippen molar-refractivity contribution < 1.29 is 4.74 Å². The number of hydrogen-bond donors (Lipinski definition) is 0. The Labute approximate surface area is 354 Å². The van der Waals surface area contributed by atoms with E-state index in [9.17, 15) is 0 Å². The molecule has 7 aromatic rings. The molecule has 0 aliphatic heterocycles. The summed E-state index contributed by atoms with van der Waals surface area (Å²) in [6.07, 6.45) is 14.9. The SMILES string of the molecule is CCCCCCCCCCCCOc1c(C[P+](c2ccccc2)(c2ccccc2)c2ccccc2)csc1C[P+](c1ccccc1)(c1ccccc1)c1ccccc1. The van der Waals surface area contributed by atoms with Crippen molar-refractivity contribution in [3.63, 3.8) is 0 Å². The molecule has 6 aromatic carbocycles. The van der Waals surface area contributed by atoms with Crippen LogP contribution in [0.3, 0.4) is 0 Å². The van der Waals surface area contributed by atoms with Gasteiger partial charge in [-0.05, 0) is 79.2 Å². The third-order valence-corrected chi connectivity index (χ3v) is 21.5. The molecule has 1 nitrogen and oxygen atoms in total. The van der Waals surface area contributed by atoms with E-state index in [2.05, 4.69) is 194 Å². The third kappa shape index (κ3) is 9.92. The molecule has 0 N–H and O–H groups in total. The molecular weight excluding hydrogens is 759 g/mol. The van der Waals surface area contributed by atoms with Gasteiger partial charge >= 0.3 is 0 Å². The van der Waals surface area contributed by atoms with Crippen LogP contribution in [-0.4, -0.2) is 6.61 Å². The molecule has 0 spiro atoms. The molecule has 0 bridgehead atoms. The van der Waals surface area contributed by atoms with Crippen molar-refractivity contribution in [1.29, 1.82) is 0 Å². The highest BCUT2D eigenvalue weighted by molar-refractivity contribution is 7.95. The molecule has 0 unspecified atom stereocenters. The monoisotopic (exact) mass is 818 g/mol. The first-order valence-corrected chi connectivity index (χ1v) is 26.4. The van der Waals surface area contributed by atoms with E-state index in [0.717, 1.165) is 31.1 Å². The van der Waals surface area contributed by atoms with E-state index in [0.29, 0.717) is 0 Å². The van der Waals surface area contributed by atoms with Crippen molar-refractivity contribution in [3.05, 3.63) is 198 Å². The molecule has 1 aromatic heterocycles. The van der Waals surface area contributed by atoms with E-state index in [1.165, 1.54) is 100 Å². The predicted octanol–water partition coefficient (Wildman–Crippen LogP) is 13.0. The van der Waals surface area contributed by atoms with Crippen LogP contribution in [0.25, 0.3) is 0 Å². The first-order valence-electron chi connectivity index (χ1n) is 21.6. The smallest absolute Gasteiger partial charge is 0.143 e. The average Bonchev–Trinajstić information content (AvgIpc) is 3.67. The normalized spacial score (nSPS) is 11.7. The van der Waals surface area contributed by atoms with E-state index < -0.39 is 14.5 Å². The van der Waals surface area contributed by atoms with Gasteiger partial charge in [0.2, 0.25) is 0 Å². The highest BCUT2D eigenvalue weighted by Gasteiger charge is 2.49. The fraction of sp³-hybridized carbons (Fsp3) is 0.259. The number of thiophene rings is 1. The first-order chi connectivity index (χ1) is 28.8. The van der Waals surface area contributed by atoms with Crippen LogP contribution in [0.2, 0.25) is 0 Å². The Morgan fingerprint density at radius 1 is 0.379 bits per heavy atom. The molecule has 0 radical (unpaired) electrons. The van der Waals surface area contributed by atoms with E-state index in [-0.39, 0.29) is 0 Å². The van der Waals surface area contributed by atoms with Crippen LogP contribution in [-0.2, 0) is 12.3 Å². The molecule has 0 aliphatic rings. The molecule has 1 heterocycles. The van der Waals surface area contributed by atoms with Gasteiger partial charge in [0.15, 0.2) is 0 Å². The topological polar surface area (TPSA) is 9.23 Å². The van der Waals surface area contributed by atoms with Gasteiger partial charge < -0.3 is 4.74 Å². The van der Waals surface area contributed by atoms with Crippen molar-refractivity contribution in [2.24, 2.45) is 0 Å². The van der Waals surface area contributed by atoms with Gasteiger partial charge in [-0.1, -0.05) is 174 Å². The van der Waals surface area contributed by atoms with Crippen molar-refractivity contribution in [3.8, 4) is 5.75 Å². The summed E-state index contributed by atoms with van der Waals surface area (Å²) in [5, 5.41) is 10.9. The Hall–Kier alpha value is -4.32. The second-order valence-electron chi connectivity index (χ2n) is 15.5. The van der Waals surface area contributed by atoms with Crippen LogP contribution >= 0.6 is 25.9 Å². The summed E-state index contributed by atoms with van der Waals surface area (Å²) in [6, 6.07) is 67.9. The summed E-state index contributed by atoms with van der Waals surface area (Å²) >= 11 is 1.92. The minimum atomic E-state index is -2.15. The van der Waals surface area contributed by atoms with Gasteiger partial charge in [-0.2, -0.15) is 0 Å². The lowest BCUT2D eigenvalue weighted by molar-refractivity contribution is 0.301. The van der Waals surface area contributed by atoms with Crippen LogP contribution in [0, 0.1) is 0 Å². The van der Waals surface area contributed by atoms with Crippen LogP contribution in [0.1, 0.15) is 81.6 Å². The Kier molecular flexibility index (Phi) is 15.6. The lowest BCUT2D eigenvalue weighted by Gasteiger charge is -2.29. The first kappa shape index (κ1) is 41.8. The number of unbranched alkanes of at least 4 members (excludes halogenated alkanes) is 9. The molecule has 4 heteroatoms. The molecule has 0 atom stereocenters. The molecule has 0 saturated carbocycles. The van der Waals surface area contributed by atoms with Crippen LogP contribution in [0.5, 0.6) is 5.75 Å². The van der Waals surface area contributed by atoms with Gasteiger partial charge in [0.25, 0.3) is 0 Å². The van der Waals surface area contributed by atoms with E-state index in [1.807, 2.05) is 11.3 Å². The maximum absolute atomic E-state index is 7.23. The van der Waals surface area contributed by atoms with Gasteiger partial charge in [0, 0.05) is 10.9 Å². The van der Waals surface area contributed by atoms with Gasteiger partial charge in [0.1, 0.15) is 64.4 Å². The standard InChI is InChI=1S/C54H60OP2S/c1-2-3-4-5-6-7-8-9-10-29-42-55-54-46(43-56(47-30-17-11-18-31-47,48-32-19-12-20-33-48)49-34-21-13-22-35-49)45-58-53(54)44-57(50-36-23-14-24-37-50,51-38-25-15-26-39-51)52-40-27-16-28-41-52/h11-28,30-41,45H,2-10,29,42-44H2,1H3/q+2. The largest absolute Gasteiger partial charge is 0.492 e. The number of benzene rings is 6. The Balaban J connectivity index is 1.30. The number of rotatable bonds is 22. The highest BCUT2D eigenvalue weighted by atomic mass is 32.1. The lowest BCUT2D eigenvalue weighted by Crippen LogP contribution is -2.32. The van der Waals surface area contributed by atoms with Crippen LogP contribution in [0.15, 0.2) is 187 Å². The van der Waals surface area contributed by atoms with E-state index in [1.54, 1.807) is 0 Å². The molecule has 7 rings (SSSR count). The maximum atomic E-state index is 7.23. The summed E-state index contributed by atoms with van der Waals surface area (Å²) < 4.78 is 7.23. The van der Waals surface area contributed by atoms with Gasteiger partial charge in [-0.3, -0.25) is 0 Å². The quantitative estimate of drug-likeness (QED) is 0.0489. The number of hydrogen-bond acceptors (Lipinski definition) is 2. The fourth-order valence-corrected chi connectivity index (χ4v) is 18.7. The van der Waals surface area contributed by atoms with E-state index >= 15 is 0 Å². The molecule has 296 valence electrons. The summed E-state index contributed by atoms with van der Waals surface area (Å²) in [4.78, 5) is 1.36. The van der Waals surface area contributed by atoms with Crippen molar-refractivity contribution >= 4 is 57.7 Å². The third-order valence-electron chi connectivity index (χ3n) is 11.6. The van der Waals surface area contributed by atoms with Crippen molar-refractivity contribution in [2.45, 2.75) is 83.5 Å². The second-order valence-corrected chi connectivity index (χ2v) is 23.4. The maximum Gasteiger partial charge on any atom is 0.143 e. The Morgan fingerprint density at radius 3 is 1.03 bits per heavy atom. The van der Waals surface area contributed by atoms with Gasteiger partial charge in [0.05, 0.1) is 11.5 Å². The zero-order valence-corrected chi connectivity index (χ0v) is 36.9. The average molecular weight is 819 g/mol. The molecular formula is C54H60OP2S+2. The predicted molar refractivity (Wildman–Crippen MR) is 259 cm³/mol. The molecule has 0 aliphatic carbocycles. The summed E-state index contributed by atoms with van der Waals surface area (Å²) in [5.74, 6) is 1.13. The van der Waals surface area contributed by atoms with Gasteiger partial charge in [-0.25, -0.2) is 0 Å². The number of ether oxygens (including phenoxy) is 1. The summed E-state index contributed by atoms with van der Waals surface area (Å²) in [5.41, 5.74) is 1.34. The second kappa shape index (κ2) is 21.6. The van der Waals surface area contributed by atoms with Crippen molar-refractivity contribution in [1.82, 2.24) is 0 Å². The van der Waals surface area contributed by atoms with Gasteiger partial charge in [-0.15, -0.1) is 11.3 Å². The van der Waals surface area contributed by atoms with E-state index in [4.69, 9.17) is 4.74 Å². The zero-order valence-electron chi connectivity index (χ0n) is 34.3. The van der Waals surface area contributed by atoms with Crippen molar-refractivity contribution in [2.75, 3.05) is 6.61 Å². The zero-order chi connectivity index (χ0) is 39.7. The molecule has 0 saturated heterocycles. The highest BCUT2D eigenvalue weighted by Crippen LogP contribution is 2.63. The summed E-state index contributed by atoms with van der Waals surface area (Å²) in [6.45, 7) is 3.04. The Morgan fingerprint density at radius 2 is 0.690 bits per heavy atom. The lowest BCUT2D eigenvalue weighted by atomic mass is 10.1. The van der Waals surface area contributed by atoms with Crippen LogP contribution < -0.4 is 36.6 Å². The fourth-order valence-electron chi connectivity index (χ4n) is 8.59. The molecule has 58 heavy (non-hydrogen) atoms. The van der Waals surface area contributed by atoms with Crippen LogP contribution in [0.4, 0.5) is 0 Å². The minimum absolute atomic E-state index is 0.744. The molecule has 0 fully saturated rings. The Bertz CT molecular complexity index is 1850. The summed E-state index contributed by atoms with van der Waals surface area (Å²) in [7, 11) is -4.29. The minimum Gasteiger partial charge on any atom is -0.492 e.